The summed E-state index contributed by atoms with van der Waals surface area (Å²) in [7, 11) is 0. The van der Waals surface area contributed by atoms with Crippen LogP contribution in [0.4, 0.5) is 0 Å². The molecule has 0 N–H and O–H groups in total. The van der Waals surface area contributed by atoms with Crippen LogP contribution in [0.15, 0.2) is 340 Å². The molecule has 0 saturated heterocycles. The zero-order chi connectivity index (χ0) is 64.6. The zero-order valence-electron chi connectivity index (χ0n) is 53.0. The first-order chi connectivity index (χ1) is 48.6. The first kappa shape index (κ1) is 56.4. The van der Waals surface area contributed by atoms with Gasteiger partial charge in [-0.3, -0.25) is 0 Å². The Bertz CT molecular complexity index is 6390. The second kappa shape index (κ2) is 23.4. The minimum atomic E-state index is 0.600. The molecule has 0 bridgehead atoms. The highest BCUT2D eigenvalue weighted by molar-refractivity contribution is 6.34. The lowest BCUT2D eigenvalue weighted by molar-refractivity contribution is 1.08. The van der Waals surface area contributed by atoms with Gasteiger partial charge in [-0.2, -0.15) is 0 Å². The maximum atomic E-state index is 5.40. The summed E-state index contributed by atoms with van der Waals surface area (Å²) in [4.78, 5) is 31.9. The third-order valence-electron chi connectivity index (χ3n) is 19.5. The Morgan fingerprint density at radius 3 is 0.673 bits per heavy atom. The Labute approximate surface area is 565 Å². The Kier molecular flexibility index (Phi) is 13.5. The van der Waals surface area contributed by atoms with E-state index in [9.17, 15) is 0 Å². The van der Waals surface area contributed by atoms with Gasteiger partial charge in [-0.25, -0.2) is 29.9 Å². The van der Waals surface area contributed by atoms with Crippen LogP contribution < -0.4 is 0 Å². The number of benzene rings is 17. The lowest BCUT2D eigenvalue weighted by atomic mass is 9.89. The molecule has 0 fully saturated rings. The highest BCUT2D eigenvalue weighted by Gasteiger charge is 2.22. The van der Waals surface area contributed by atoms with Crippen LogP contribution in [0.1, 0.15) is 0 Å². The molecule has 6 heteroatoms. The fourth-order valence-corrected chi connectivity index (χ4v) is 14.8. The van der Waals surface area contributed by atoms with Gasteiger partial charge in [0, 0.05) is 33.4 Å². The molecule has 0 atom stereocenters. The Morgan fingerprint density at radius 1 is 0.122 bits per heavy atom. The number of hydrogen-bond donors (Lipinski definition) is 0. The fourth-order valence-electron chi connectivity index (χ4n) is 14.8. The van der Waals surface area contributed by atoms with Crippen LogP contribution in [-0.2, 0) is 0 Å². The van der Waals surface area contributed by atoms with Crippen LogP contribution in [0.25, 0.3) is 199 Å². The third-order valence-corrected chi connectivity index (χ3v) is 19.5. The summed E-state index contributed by atoms with van der Waals surface area (Å²) < 4.78 is 0. The maximum absolute atomic E-state index is 5.40. The molecule has 6 nitrogen and oxygen atoms in total. The van der Waals surface area contributed by atoms with Gasteiger partial charge in [0.15, 0.2) is 34.9 Å². The molecule has 0 aliphatic heterocycles. The van der Waals surface area contributed by atoms with Crippen molar-refractivity contribution >= 4 is 86.2 Å². The summed E-state index contributed by atoms with van der Waals surface area (Å²) in [5, 5.41) is 19.0. The SMILES string of the molecule is c1ccc(-c2ccc(-c3nc(-c4ccc(-c5cccc(-c6cccc(-c7ccc(-c8nc(-c9ccccc9)nc(-c9cc%10c%11ccccc%11c%11ccccc%11c%10c%10ccccc9%10)n8)cc7)c6)c5)cc4)nc(-c4cc5c6ccccc6c6ccccc6c5c5ccccc45)n3)cc2)cc1. The van der Waals surface area contributed by atoms with Crippen molar-refractivity contribution in [1.29, 1.82) is 0 Å². The number of hydrogen-bond acceptors (Lipinski definition) is 6. The Hall–Kier alpha value is -13.2. The van der Waals surface area contributed by atoms with E-state index in [0.717, 1.165) is 105 Å². The molecule has 0 unspecified atom stereocenters. The van der Waals surface area contributed by atoms with Gasteiger partial charge in [0.05, 0.1) is 0 Å². The summed E-state index contributed by atoms with van der Waals surface area (Å²) in [6.07, 6.45) is 0. The van der Waals surface area contributed by atoms with E-state index in [1.54, 1.807) is 0 Å². The predicted octanol–water partition coefficient (Wildman–Crippen LogP) is 24.0. The van der Waals surface area contributed by atoms with Gasteiger partial charge < -0.3 is 0 Å². The molecule has 0 aliphatic carbocycles. The predicted molar refractivity (Wildman–Crippen MR) is 408 cm³/mol. The number of aromatic nitrogens is 6. The summed E-state index contributed by atoms with van der Waals surface area (Å²) in [6, 6.07) is 121. The molecule has 0 saturated carbocycles. The van der Waals surface area contributed by atoms with Crippen LogP contribution >= 0.6 is 0 Å². The maximum Gasteiger partial charge on any atom is 0.164 e. The average Bonchev–Trinajstić information content (AvgIpc) is 0.728. The van der Waals surface area contributed by atoms with Crippen LogP contribution in [0.3, 0.4) is 0 Å². The summed E-state index contributed by atoms with van der Waals surface area (Å²) in [6.45, 7) is 0. The van der Waals surface area contributed by atoms with E-state index in [1.165, 1.54) is 59.2 Å². The first-order valence-electron chi connectivity index (χ1n) is 33.2. The van der Waals surface area contributed by atoms with Crippen LogP contribution in [0, 0.1) is 0 Å². The highest BCUT2D eigenvalue weighted by atomic mass is 15.0. The molecule has 2 aromatic heterocycles. The molecule has 17 aromatic carbocycles. The minimum absolute atomic E-state index is 0.600. The zero-order valence-corrected chi connectivity index (χ0v) is 53.0. The van der Waals surface area contributed by atoms with E-state index < -0.39 is 0 Å². The van der Waals surface area contributed by atoms with Crippen molar-refractivity contribution in [3.63, 3.8) is 0 Å². The van der Waals surface area contributed by atoms with Gasteiger partial charge in [0.2, 0.25) is 0 Å². The van der Waals surface area contributed by atoms with E-state index >= 15 is 0 Å². The molecule has 0 amide bonds. The Balaban J connectivity index is 0.658. The van der Waals surface area contributed by atoms with E-state index in [4.69, 9.17) is 29.9 Å². The van der Waals surface area contributed by atoms with E-state index in [1.807, 2.05) is 24.3 Å². The molecule has 0 radical (unpaired) electrons. The van der Waals surface area contributed by atoms with Crippen molar-refractivity contribution in [2.45, 2.75) is 0 Å². The van der Waals surface area contributed by atoms with Gasteiger partial charge in [0.25, 0.3) is 0 Å². The summed E-state index contributed by atoms with van der Waals surface area (Å²) >= 11 is 0. The van der Waals surface area contributed by atoms with Gasteiger partial charge in [0.1, 0.15) is 0 Å². The summed E-state index contributed by atoms with van der Waals surface area (Å²) in [5.41, 5.74) is 14.4. The van der Waals surface area contributed by atoms with Crippen LogP contribution in [-0.4, -0.2) is 29.9 Å². The fraction of sp³-hybridized carbons (Fsp3) is 0. The second-order valence-corrected chi connectivity index (χ2v) is 25.2. The van der Waals surface area contributed by atoms with Crippen molar-refractivity contribution in [2.24, 2.45) is 0 Å². The third kappa shape index (κ3) is 9.73. The molecule has 98 heavy (non-hydrogen) atoms. The number of nitrogens with zero attached hydrogens (tertiary/aromatic N) is 6. The van der Waals surface area contributed by atoms with Crippen LogP contribution in [0.2, 0.25) is 0 Å². The molecular formula is C92H56N6. The van der Waals surface area contributed by atoms with Crippen molar-refractivity contribution in [3.05, 3.63) is 340 Å². The number of fused-ring (bicyclic) bond motifs is 16. The lowest BCUT2D eigenvalue weighted by Gasteiger charge is -2.16. The molecular weight excluding hydrogens is 1190 g/mol. The molecule has 19 rings (SSSR count). The summed E-state index contributed by atoms with van der Waals surface area (Å²) in [5.74, 6) is 3.68. The normalized spacial score (nSPS) is 11.7. The standard InChI is InChI=1S/C92H56N6/c1-3-21-57(22-4-1)58-41-47-62(48-42-58)89-94-90(98-92(97-89)84-56-82-74-34-10-8-30-70(74)72-32-12-16-38-78(72)86(82)80-40-18-14-36-76(80)84)64-51-45-60(46-52-64)66-26-20-28-68(54-66)67-27-19-25-65(53-67)59-43-49-63(50-44-59)88-93-87(61-23-5-2-6-24-61)95-91(96-88)83-55-81-73-33-9-7-29-69(73)71-31-11-15-37-77(71)85(81)79-39-17-13-35-75(79)83/h1-56H. The molecule has 0 aliphatic rings. The quantitative estimate of drug-likeness (QED) is 0.127. The molecule has 454 valence electrons. The second-order valence-electron chi connectivity index (χ2n) is 25.2. The van der Waals surface area contributed by atoms with Crippen LogP contribution in [0.5, 0.6) is 0 Å². The average molecular weight is 1250 g/mol. The van der Waals surface area contributed by atoms with E-state index in [0.29, 0.717) is 34.9 Å². The van der Waals surface area contributed by atoms with Gasteiger partial charge in [-0.05, 0) is 155 Å². The van der Waals surface area contributed by atoms with Crippen molar-refractivity contribution in [1.82, 2.24) is 29.9 Å². The van der Waals surface area contributed by atoms with Crippen molar-refractivity contribution in [2.75, 3.05) is 0 Å². The number of rotatable bonds is 10. The lowest BCUT2D eigenvalue weighted by Crippen LogP contribution is -2.01. The monoisotopic (exact) mass is 1240 g/mol. The Morgan fingerprint density at radius 2 is 0.327 bits per heavy atom. The van der Waals surface area contributed by atoms with Gasteiger partial charge in [-0.15, -0.1) is 0 Å². The van der Waals surface area contributed by atoms with Crippen molar-refractivity contribution < 1.29 is 0 Å². The van der Waals surface area contributed by atoms with E-state index in [2.05, 4.69) is 315 Å². The molecule has 2 heterocycles. The topological polar surface area (TPSA) is 77.3 Å². The van der Waals surface area contributed by atoms with Gasteiger partial charge >= 0.3 is 0 Å². The highest BCUT2D eigenvalue weighted by Crippen LogP contribution is 2.46. The molecule has 19 aromatic rings. The smallest absolute Gasteiger partial charge is 0.164 e. The van der Waals surface area contributed by atoms with Gasteiger partial charge in [-0.1, -0.05) is 315 Å². The first-order valence-corrected chi connectivity index (χ1v) is 33.2. The largest absolute Gasteiger partial charge is 0.208 e. The minimum Gasteiger partial charge on any atom is -0.208 e. The van der Waals surface area contributed by atoms with E-state index in [-0.39, 0.29) is 0 Å². The van der Waals surface area contributed by atoms with Crippen molar-refractivity contribution in [3.8, 4) is 113 Å². The molecule has 0 spiro atoms.